The van der Waals surface area contributed by atoms with Crippen molar-refractivity contribution in [3.8, 4) is 0 Å². The van der Waals surface area contributed by atoms with Gasteiger partial charge in [0.05, 0.1) is 5.75 Å². The van der Waals surface area contributed by atoms with Crippen LogP contribution in [0.15, 0.2) is 0 Å². The van der Waals surface area contributed by atoms with E-state index in [1.165, 1.54) is 0 Å². The second kappa shape index (κ2) is 4.93. The highest BCUT2D eigenvalue weighted by Gasteiger charge is 2.11. The molecule has 0 amide bonds. The average Bonchev–Trinajstić information content (AvgIpc) is 1.83. The van der Waals surface area contributed by atoms with Crippen LogP contribution in [0, 0.1) is 0 Å². The molecule has 0 spiro atoms. The van der Waals surface area contributed by atoms with Crippen molar-refractivity contribution in [1.29, 1.82) is 0 Å². The molecule has 1 unspecified atom stereocenters. The Balaban J connectivity index is 3.54. The minimum Gasteiger partial charge on any atom is -0.247 e. The Labute approximate surface area is 71.2 Å². The second-order valence-electron chi connectivity index (χ2n) is 2.42. The molecule has 0 rings (SSSR count). The summed E-state index contributed by atoms with van der Waals surface area (Å²) in [5, 5.41) is 0. The Morgan fingerprint density at radius 1 is 1.45 bits per heavy atom. The van der Waals surface area contributed by atoms with E-state index in [0.29, 0.717) is 6.42 Å². The van der Waals surface area contributed by atoms with Crippen LogP contribution in [0.4, 0.5) is 4.39 Å². The summed E-state index contributed by atoms with van der Waals surface area (Å²) in [6.45, 7) is 1.85. The van der Waals surface area contributed by atoms with Crippen LogP contribution >= 0.6 is 10.7 Å². The second-order valence-corrected chi connectivity index (χ2v) is 5.31. The fourth-order valence-electron chi connectivity index (χ4n) is 0.726. The summed E-state index contributed by atoms with van der Waals surface area (Å²) in [4.78, 5) is 0. The first-order chi connectivity index (χ1) is 4.95. The van der Waals surface area contributed by atoms with E-state index in [2.05, 4.69) is 0 Å². The molecule has 0 aliphatic carbocycles. The maximum Gasteiger partial charge on any atom is 0.232 e. The molecule has 0 aliphatic heterocycles. The third kappa shape index (κ3) is 8.07. The van der Waals surface area contributed by atoms with Crippen LogP contribution in [-0.2, 0) is 9.05 Å². The van der Waals surface area contributed by atoms with Gasteiger partial charge < -0.3 is 0 Å². The molecule has 0 heterocycles. The van der Waals surface area contributed by atoms with Crippen molar-refractivity contribution in [2.45, 2.75) is 32.4 Å². The zero-order valence-electron chi connectivity index (χ0n) is 6.39. The third-order valence-electron chi connectivity index (χ3n) is 1.28. The van der Waals surface area contributed by atoms with E-state index in [1.54, 1.807) is 0 Å². The quantitative estimate of drug-likeness (QED) is 0.640. The molecule has 0 aromatic rings. The van der Waals surface area contributed by atoms with Gasteiger partial charge in [0.1, 0.15) is 6.17 Å². The molecule has 2 nitrogen and oxygen atoms in total. The van der Waals surface area contributed by atoms with Gasteiger partial charge in [-0.15, -0.1) is 0 Å². The lowest BCUT2D eigenvalue weighted by atomic mass is 10.2. The minimum atomic E-state index is -3.51. The summed E-state index contributed by atoms with van der Waals surface area (Å²) in [5.41, 5.74) is 0. The monoisotopic (exact) mass is 202 g/mol. The Morgan fingerprint density at radius 2 is 2.00 bits per heavy atom. The van der Waals surface area contributed by atoms with E-state index in [9.17, 15) is 12.8 Å². The SMILES string of the molecule is CCCC(F)CCS(=O)(=O)Cl. The fraction of sp³-hybridized carbons (Fsp3) is 1.00. The van der Waals surface area contributed by atoms with E-state index in [-0.39, 0.29) is 12.2 Å². The van der Waals surface area contributed by atoms with Crippen molar-refractivity contribution in [2.24, 2.45) is 0 Å². The Kier molecular flexibility index (Phi) is 5.01. The maximum atomic E-state index is 12.6. The van der Waals surface area contributed by atoms with E-state index in [0.717, 1.165) is 6.42 Å². The van der Waals surface area contributed by atoms with Gasteiger partial charge in [-0.1, -0.05) is 13.3 Å². The highest BCUT2D eigenvalue weighted by Crippen LogP contribution is 2.09. The highest BCUT2D eigenvalue weighted by molar-refractivity contribution is 8.13. The first kappa shape index (κ1) is 11.2. The van der Waals surface area contributed by atoms with Crippen molar-refractivity contribution in [3.05, 3.63) is 0 Å². The number of rotatable bonds is 5. The summed E-state index contributed by atoms with van der Waals surface area (Å²) in [6.07, 6.45) is 0.115. The van der Waals surface area contributed by atoms with Gasteiger partial charge in [-0.25, -0.2) is 12.8 Å². The molecular weight excluding hydrogens is 191 g/mol. The molecule has 0 bridgehead atoms. The predicted molar refractivity (Wildman–Crippen MR) is 44.1 cm³/mol. The van der Waals surface area contributed by atoms with E-state index >= 15 is 0 Å². The molecule has 0 radical (unpaired) electrons. The molecular formula is C6H12ClFO2S. The normalized spacial score (nSPS) is 14.8. The van der Waals surface area contributed by atoms with Gasteiger partial charge in [0.25, 0.3) is 0 Å². The summed E-state index contributed by atoms with van der Waals surface area (Å²) in [7, 11) is 1.38. The Bertz CT molecular complexity index is 191. The van der Waals surface area contributed by atoms with Gasteiger partial charge in [0.2, 0.25) is 9.05 Å². The molecule has 0 aromatic heterocycles. The first-order valence-corrected chi connectivity index (χ1v) is 6.00. The lowest BCUT2D eigenvalue weighted by molar-refractivity contribution is 0.304. The minimum absolute atomic E-state index is 0.0136. The van der Waals surface area contributed by atoms with Crippen LogP contribution in [0.1, 0.15) is 26.2 Å². The molecule has 11 heavy (non-hydrogen) atoms. The highest BCUT2D eigenvalue weighted by atomic mass is 35.7. The predicted octanol–water partition coefficient (Wildman–Crippen LogP) is 2.08. The van der Waals surface area contributed by atoms with Crippen LogP contribution in [0.25, 0.3) is 0 Å². The lowest BCUT2D eigenvalue weighted by Crippen LogP contribution is -2.06. The van der Waals surface area contributed by atoms with Gasteiger partial charge in [-0.3, -0.25) is 0 Å². The van der Waals surface area contributed by atoms with Crippen LogP contribution < -0.4 is 0 Å². The number of hydrogen-bond donors (Lipinski definition) is 0. The summed E-state index contributed by atoms with van der Waals surface area (Å²) >= 11 is 0. The van der Waals surface area contributed by atoms with Crippen LogP contribution in [-0.4, -0.2) is 20.3 Å². The van der Waals surface area contributed by atoms with Gasteiger partial charge in [-0.05, 0) is 12.8 Å². The molecule has 0 fully saturated rings. The van der Waals surface area contributed by atoms with Crippen molar-refractivity contribution in [1.82, 2.24) is 0 Å². The Hall–Kier alpha value is 0.170. The van der Waals surface area contributed by atoms with Crippen LogP contribution in [0.5, 0.6) is 0 Å². The van der Waals surface area contributed by atoms with Gasteiger partial charge >= 0.3 is 0 Å². The standard InChI is InChI=1S/C6H12ClFO2S/c1-2-3-6(8)4-5-11(7,9)10/h6H,2-5H2,1H3. The zero-order chi connectivity index (χ0) is 8.91. The van der Waals surface area contributed by atoms with Gasteiger partial charge in [0, 0.05) is 10.7 Å². The molecule has 5 heteroatoms. The fourth-order valence-corrected chi connectivity index (χ4v) is 1.53. The number of alkyl halides is 1. The Morgan fingerprint density at radius 3 is 2.36 bits per heavy atom. The summed E-state index contributed by atoms with van der Waals surface area (Å²) < 4.78 is 33.3. The third-order valence-corrected chi connectivity index (χ3v) is 2.46. The first-order valence-electron chi connectivity index (χ1n) is 3.52. The molecule has 0 N–H and O–H groups in total. The lowest BCUT2D eigenvalue weighted by Gasteiger charge is -2.03. The van der Waals surface area contributed by atoms with Gasteiger partial charge in [0.15, 0.2) is 0 Å². The molecule has 0 saturated carbocycles. The van der Waals surface area contributed by atoms with Crippen molar-refractivity contribution in [3.63, 3.8) is 0 Å². The van der Waals surface area contributed by atoms with Crippen molar-refractivity contribution < 1.29 is 12.8 Å². The van der Waals surface area contributed by atoms with Crippen molar-refractivity contribution >= 4 is 19.7 Å². The molecule has 0 aliphatic rings. The van der Waals surface area contributed by atoms with Crippen LogP contribution in [0.2, 0.25) is 0 Å². The van der Waals surface area contributed by atoms with E-state index in [4.69, 9.17) is 10.7 Å². The molecule has 68 valence electrons. The molecule has 0 aromatic carbocycles. The average molecular weight is 203 g/mol. The molecule has 1 atom stereocenters. The van der Waals surface area contributed by atoms with E-state index < -0.39 is 15.2 Å². The van der Waals surface area contributed by atoms with Gasteiger partial charge in [-0.2, -0.15) is 0 Å². The topological polar surface area (TPSA) is 34.1 Å². The van der Waals surface area contributed by atoms with E-state index in [1.807, 2.05) is 6.92 Å². The van der Waals surface area contributed by atoms with Crippen molar-refractivity contribution in [2.75, 3.05) is 5.75 Å². The molecule has 0 saturated heterocycles. The summed E-state index contributed by atoms with van der Waals surface area (Å²) in [5.74, 6) is -0.268. The largest absolute Gasteiger partial charge is 0.247 e. The maximum absolute atomic E-state index is 12.6. The summed E-state index contributed by atoms with van der Waals surface area (Å²) in [6, 6.07) is 0. The number of hydrogen-bond acceptors (Lipinski definition) is 2. The van der Waals surface area contributed by atoms with Crippen LogP contribution in [0.3, 0.4) is 0 Å². The smallest absolute Gasteiger partial charge is 0.232 e. The number of halogens is 2. The zero-order valence-corrected chi connectivity index (χ0v) is 7.96.